The second kappa shape index (κ2) is 11.7. The number of benzene rings is 4. The summed E-state index contributed by atoms with van der Waals surface area (Å²) >= 11 is 0. The van der Waals surface area contributed by atoms with Crippen LogP contribution in [0.1, 0.15) is 34.0 Å². The number of anilines is 1. The molecule has 0 radical (unpaired) electrons. The molecule has 0 aliphatic heterocycles. The lowest BCUT2D eigenvalue weighted by atomic mass is 10.1. The molecule has 0 fully saturated rings. The van der Waals surface area contributed by atoms with Gasteiger partial charge < -0.3 is 19.5 Å². The van der Waals surface area contributed by atoms with Gasteiger partial charge in [-0.05, 0) is 79.6 Å². The molecule has 0 aliphatic rings. The van der Waals surface area contributed by atoms with E-state index in [-0.39, 0.29) is 5.91 Å². The molecule has 4 aromatic rings. The van der Waals surface area contributed by atoms with Crippen molar-refractivity contribution in [3.63, 3.8) is 0 Å². The molecule has 1 N–H and O–H groups in total. The molecular formula is C30H29NO4. The fourth-order valence-electron chi connectivity index (χ4n) is 3.57. The number of hydrogen-bond acceptors (Lipinski definition) is 4. The van der Waals surface area contributed by atoms with Crippen LogP contribution in [0.25, 0.3) is 0 Å². The Bertz CT molecular complexity index is 1250. The average Bonchev–Trinajstić information content (AvgIpc) is 2.88. The van der Waals surface area contributed by atoms with Crippen LogP contribution in [0.3, 0.4) is 0 Å². The van der Waals surface area contributed by atoms with Crippen molar-refractivity contribution in [2.45, 2.75) is 27.1 Å². The van der Waals surface area contributed by atoms with Gasteiger partial charge >= 0.3 is 0 Å². The maximum Gasteiger partial charge on any atom is 0.255 e. The number of carbonyl (C=O) groups excluding carboxylic acids is 1. The Hall–Kier alpha value is -4.25. The Morgan fingerprint density at radius 2 is 1.51 bits per heavy atom. The summed E-state index contributed by atoms with van der Waals surface area (Å²) in [4.78, 5) is 12.9. The van der Waals surface area contributed by atoms with E-state index in [2.05, 4.69) is 5.32 Å². The van der Waals surface area contributed by atoms with Gasteiger partial charge in [0.2, 0.25) is 0 Å². The van der Waals surface area contributed by atoms with E-state index in [1.807, 2.05) is 105 Å². The first-order chi connectivity index (χ1) is 17.1. The van der Waals surface area contributed by atoms with E-state index in [0.717, 1.165) is 28.2 Å². The first-order valence-electron chi connectivity index (χ1n) is 11.6. The third-order valence-electron chi connectivity index (χ3n) is 5.37. The maximum absolute atomic E-state index is 12.9. The highest BCUT2D eigenvalue weighted by molar-refractivity contribution is 6.04. The number of amides is 1. The van der Waals surface area contributed by atoms with Gasteiger partial charge in [0.1, 0.15) is 30.5 Å². The molecule has 35 heavy (non-hydrogen) atoms. The van der Waals surface area contributed by atoms with Crippen LogP contribution in [0.2, 0.25) is 0 Å². The van der Waals surface area contributed by atoms with Crippen molar-refractivity contribution >= 4 is 11.6 Å². The Morgan fingerprint density at radius 3 is 2.26 bits per heavy atom. The zero-order valence-electron chi connectivity index (χ0n) is 20.0. The average molecular weight is 468 g/mol. The fraction of sp³-hybridized carbons (Fsp3) is 0.167. The fourth-order valence-corrected chi connectivity index (χ4v) is 3.57. The molecule has 0 unspecified atom stereocenters. The normalized spacial score (nSPS) is 10.5. The van der Waals surface area contributed by atoms with E-state index < -0.39 is 0 Å². The summed E-state index contributed by atoms with van der Waals surface area (Å²) in [6, 6.07) is 30.6. The standard InChI is InChI=1S/C30H29NO4/c1-3-33-29-17-12-24(19-25(29)21-35-28-11-7-8-22(2)18-28)30(32)31-26-13-15-27(16-14-26)34-20-23-9-5-4-6-10-23/h4-19H,3,20-21H2,1-2H3,(H,31,32). The molecular weight excluding hydrogens is 438 g/mol. The molecule has 0 saturated heterocycles. The van der Waals surface area contributed by atoms with Crippen molar-refractivity contribution in [3.8, 4) is 17.2 Å². The lowest BCUT2D eigenvalue weighted by molar-refractivity contribution is 0.102. The highest BCUT2D eigenvalue weighted by Gasteiger charge is 2.12. The van der Waals surface area contributed by atoms with Crippen LogP contribution >= 0.6 is 0 Å². The second-order valence-corrected chi connectivity index (χ2v) is 8.11. The van der Waals surface area contributed by atoms with E-state index in [4.69, 9.17) is 14.2 Å². The van der Waals surface area contributed by atoms with Crippen LogP contribution in [0.15, 0.2) is 97.1 Å². The van der Waals surface area contributed by atoms with E-state index in [0.29, 0.717) is 36.8 Å². The molecule has 0 saturated carbocycles. The molecule has 178 valence electrons. The van der Waals surface area contributed by atoms with Gasteiger partial charge in [-0.15, -0.1) is 0 Å². The minimum atomic E-state index is -0.206. The van der Waals surface area contributed by atoms with E-state index in [1.165, 1.54) is 0 Å². The monoisotopic (exact) mass is 467 g/mol. The molecule has 0 aliphatic carbocycles. The number of nitrogens with one attached hydrogen (secondary N) is 1. The van der Waals surface area contributed by atoms with Gasteiger partial charge in [-0.2, -0.15) is 0 Å². The van der Waals surface area contributed by atoms with Gasteiger partial charge in [0, 0.05) is 16.8 Å². The number of aryl methyl sites for hydroxylation is 1. The Kier molecular flexibility index (Phi) is 8.02. The SMILES string of the molecule is CCOc1ccc(C(=O)Nc2ccc(OCc3ccccc3)cc2)cc1COc1cccc(C)c1. The predicted octanol–water partition coefficient (Wildman–Crippen LogP) is 6.80. The van der Waals surface area contributed by atoms with Crippen molar-refractivity contribution in [2.24, 2.45) is 0 Å². The zero-order chi connectivity index (χ0) is 24.5. The molecule has 0 bridgehead atoms. The molecule has 0 aromatic heterocycles. The van der Waals surface area contributed by atoms with E-state index in [9.17, 15) is 4.79 Å². The van der Waals surface area contributed by atoms with Crippen molar-refractivity contribution in [3.05, 3.63) is 119 Å². The lowest BCUT2D eigenvalue weighted by Gasteiger charge is -2.14. The summed E-state index contributed by atoms with van der Waals surface area (Å²) in [5.74, 6) is 2.01. The van der Waals surface area contributed by atoms with Gasteiger partial charge in [-0.25, -0.2) is 0 Å². The highest BCUT2D eigenvalue weighted by Crippen LogP contribution is 2.24. The van der Waals surface area contributed by atoms with E-state index >= 15 is 0 Å². The molecule has 0 heterocycles. The van der Waals surface area contributed by atoms with Gasteiger partial charge in [-0.1, -0.05) is 42.5 Å². The predicted molar refractivity (Wildman–Crippen MR) is 138 cm³/mol. The maximum atomic E-state index is 12.9. The van der Waals surface area contributed by atoms with Crippen LogP contribution in [-0.2, 0) is 13.2 Å². The molecule has 1 amide bonds. The number of carbonyl (C=O) groups is 1. The summed E-state index contributed by atoms with van der Waals surface area (Å²) < 4.78 is 17.5. The van der Waals surface area contributed by atoms with Crippen LogP contribution in [0, 0.1) is 6.92 Å². The minimum Gasteiger partial charge on any atom is -0.493 e. The van der Waals surface area contributed by atoms with Crippen LogP contribution < -0.4 is 19.5 Å². The Balaban J connectivity index is 1.40. The number of rotatable bonds is 10. The van der Waals surface area contributed by atoms with Crippen LogP contribution in [0.5, 0.6) is 17.2 Å². The highest BCUT2D eigenvalue weighted by atomic mass is 16.5. The van der Waals surface area contributed by atoms with Crippen LogP contribution in [-0.4, -0.2) is 12.5 Å². The molecule has 5 nitrogen and oxygen atoms in total. The van der Waals surface area contributed by atoms with Gasteiger partial charge in [0.15, 0.2) is 0 Å². The molecule has 4 rings (SSSR count). The topological polar surface area (TPSA) is 56.8 Å². The largest absolute Gasteiger partial charge is 0.493 e. The molecule has 4 aromatic carbocycles. The lowest BCUT2D eigenvalue weighted by Crippen LogP contribution is -2.13. The minimum absolute atomic E-state index is 0.206. The first-order valence-corrected chi connectivity index (χ1v) is 11.6. The number of ether oxygens (including phenoxy) is 3. The number of hydrogen-bond donors (Lipinski definition) is 1. The third-order valence-corrected chi connectivity index (χ3v) is 5.37. The van der Waals surface area contributed by atoms with Crippen molar-refractivity contribution in [2.75, 3.05) is 11.9 Å². The van der Waals surface area contributed by atoms with Crippen molar-refractivity contribution < 1.29 is 19.0 Å². The van der Waals surface area contributed by atoms with Crippen molar-refractivity contribution in [1.82, 2.24) is 0 Å². The summed E-state index contributed by atoms with van der Waals surface area (Å²) in [6.07, 6.45) is 0. The van der Waals surface area contributed by atoms with Gasteiger partial charge in [-0.3, -0.25) is 4.79 Å². The van der Waals surface area contributed by atoms with Gasteiger partial charge in [0.25, 0.3) is 5.91 Å². The zero-order valence-corrected chi connectivity index (χ0v) is 20.0. The smallest absolute Gasteiger partial charge is 0.255 e. The Morgan fingerprint density at radius 1 is 0.743 bits per heavy atom. The summed E-state index contributed by atoms with van der Waals surface area (Å²) in [5, 5.41) is 2.94. The quantitative estimate of drug-likeness (QED) is 0.279. The second-order valence-electron chi connectivity index (χ2n) is 8.11. The Labute approximate surface area is 206 Å². The van der Waals surface area contributed by atoms with Gasteiger partial charge in [0.05, 0.1) is 6.61 Å². The first kappa shape index (κ1) is 23.9. The summed E-state index contributed by atoms with van der Waals surface area (Å²) in [5.41, 5.74) is 4.25. The molecule has 0 spiro atoms. The third kappa shape index (κ3) is 6.87. The van der Waals surface area contributed by atoms with Crippen LogP contribution in [0.4, 0.5) is 5.69 Å². The summed E-state index contributed by atoms with van der Waals surface area (Å²) in [7, 11) is 0. The van der Waals surface area contributed by atoms with E-state index in [1.54, 1.807) is 6.07 Å². The summed E-state index contributed by atoms with van der Waals surface area (Å²) in [6.45, 7) is 5.27. The molecule has 5 heteroatoms. The molecule has 0 atom stereocenters. The van der Waals surface area contributed by atoms with Crippen molar-refractivity contribution in [1.29, 1.82) is 0 Å².